The van der Waals surface area contributed by atoms with Crippen LogP contribution in [0, 0.1) is 10.8 Å². The van der Waals surface area contributed by atoms with Crippen molar-refractivity contribution in [2.24, 2.45) is 10.8 Å². The second-order valence-corrected chi connectivity index (χ2v) is 14.5. The third-order valence-electron chi connectivity index (χ3n) is 12.7. The number of nitrogens with zero attached hydrogens (tertiary/aromatic N) is 4. The molecule has 0 unspecified atom stereocenters. The second kappa shape index (κ2) is 9.11. The molecule has 0 saturated carbocycles. The fourth-order valence-corrected chi connectivity index (χ4v) is 10.6. The molecular weight excluding hydrogens is 528 g/mol. The molecule has 0 amide bonds. The Balaban J connectivity index is 1.35. The molecule has 2 aromatic heterocycles. The number of aromatic hydroxyl groups is 1. The van der Waals surface area contributed by atoms with E-state index in [0.717, 1.165) is 67.6 Å². The maximum absolute atomic E-state index is 11.9. The van der Waals surface area contributed by atoms with E-state index in [2.05, 4.69) is 71.2 Å². The lowest BCUT2D eigenvalue weighted by molar-refractivity contribution is -0.0313. The highest BCUT2D eigenvalue weighted by Crippen LogP contribution is 2.62. The van der Waals surface area contributed by atoms with Gasteiger partial charge in [0.1, 0.15) is 11.6 Å². The largest absolute Gasteiger partial charge is 0.508 e. The van der Waals surface area contributed by atoms with Crippen LogP contribution < -0.4 is 4.90 Å². The first-order chi connectivity index (χ1) is 21.0. The van der Waals surface area contributed by atoms with Crippen LogP contribution in [-0.2, 0) is 12.8 Å². The summed E-state index contributed by atoms with van der Waals surface area (Å²) in [4.78, 5) is 10.9. The zero-order valence-electron chi connectivity index (χ0n) is 25.8. The van der Waals surface area contributed by atoms with Crippen molar-refractivity contribution in [2.45, 2.75) is 83.7 Å². The first kappa shape index (κ1) is 26.1. The lowest BCUT2D eigenvalue weighted by Gasteiger charge is -2.57. The van der Waals surface area contributed by atoms with Gasteiger partial charge in [-0.1, -0.05) is 44.7 Å². The van der Waals surface area contributed by atoms with E-state index in [1.165, 1.54) is 66.4 Å². The van der Waals surface area contributed by atoms with Gasteiger partial charge in [0, 0.05) is 52.7 Å². The number of phenols is 1. The van der Waals surface area contributed by atoms with E-state index < -0.39 is 0 Å². The van der Waals surface area contributed by atoms with Crippen molar-refractivity contribution in [1.82, 2.24) is 14.5 Å². The van der Waals surface area contributed by atoms with Gasteiger partial charge >= 0.3 is 0 Å². The van der Waals surface area contributed by atoms with Crippen molar-refractivity contribution in [3.63, 3.8) is 0 Å². The van der Waals surface area contributed by atoms with Gasteiger partial charge in [-0.3, -0.25) is 4.90 Å². The number of piperidine rings is 2. The van der Waals surface area contributed by atoms with Gasteiger partial charge in [0.25, 0.3) is 0 Å². The number of anilines is 1. The van der Waals surface area contributed by atoms with Gasteiger partial charge in [-0.15, -0.1) is 0 Å². The number of para-hydroxylation sites is 1. The summed E-state index contributed by atoms with van der Waals surface area (Å²) >= 11 is 0. The number of hydrogen-bond donors (Lipinski definition) is 1. The molecule has 5 aliphatic rings. The number of benzene rings is 2. The summed E-state index contributed by atoms with van der Waals surface area (Å²) in [6, 6.07) is 13.6. The van der Waals surface area contributed by atoms with E-state index in [1.54, 1.807) is 5.56 Å². The van der Waals surface area contributed by atoms with Gasteiger partial charge in [0.15, 0.2) is 0 Å². The fraction of sp³-hybridized carbons (Fsp3) is 0.500. The summed E-state index contributed by atoms with van der Waals surface area (Å²) in [7, 11) is 0. The van der Waals surface area contributed by atoms with E-state index >= 15 is 0 Å². The van der Waals surface area contributed by atoms with E-state index in [-0.39, 0.29) is 11.5 Å². The van der Waals surface area contributed by atoms with Crippen LogP contribution in [0.25, 0.3) is 27.9 Å². The second-order valence-electron chi connectivity index (χ2n) is 14.5. The minimum Gasteiger partial charge on any atom is -0.508 e. The number of phenolic OH excluding ortho intramolecular Hbond substituents is 1. The monoisotopic (exact) mass is 572 g/mol. The Morgan fingerprint density at radius 2 is 1.86 bits per heavy atom. The van der Waals surface area contributed by atoms with Crippen LogP contribution in [0.4, 0.5) is 5.82 Å². The maximum Gasteiger partial charge on any atom is 0.133 e. The molecule has 5 nitrogen and oxygen atoms in total. The third-order valence-corrected chi connectivity index (χ3v) is 12.7. The van der Waals surface area contributed by atoms with Crippen molar-refractivity contribution >= 4 is 33.7 Å². The normalized spacial score (nSPS) is 29.5. The minimum absolute atomic E-state index is 0.0366. The van der Waals surface area contributed by atoms with Crippen LogP contribution in [0.15, 0.2) is 43.0 Å². The molecule has 1 N–H and O–H groups in total. The SMILES string of the molecule is C=Cc1c2c(nc3c([C@@H]4C[C@@]5(CC)CCCN6CCc7c(n4c4ccccc74)[C@H]65)c(O)ccc13)N1CCC[C@@](CC)(C2)C1. The van der Waals surface area contributed by atoms with E-state index in [4.69, 9.17) is 4.98 Å². The molecule has 7 heterocycles. The van der Waals surface area contributed by atoms with Crippen molar-refractivity contribution < 1.29 is 5.11 Å². The molecule has 5 aliphatic heterocycles. The molecule has 0 aliphatic carbocycles. The highest BCUT2D eigenvalue weighted by atomic mass is 16.3. The van der Waals surface area contributed by atoms with Crippen LogP contribution in [-0.4, -0.2) is 45.7 Å². The smallest absolute Gasteiger partial charge is 0.133 e. The van der Waals surface area contributed by atoms with Crippen LogP contribution in [0.2, 0.25) is 0 Å². The van der Waals surface area contributed by atoms with Gasteiger partial charge in [0.2, 0.25) is 0 Å². The first-order valence-corrected chi connectivity index (χ1v) is 16.9. The molecule has 222 valence electrons. The van der Waals surface area contributed by atoms with Crippen molar-refractivity contribution in [3.05, 3.63) is 70.9 Å². The van der Waals surface area contributed by atoms with Gasteiger partial charge in [-0.05, 0) is 104 Å². The van der Waals surface area contributed by atoms with E-state index in [9.17, 15) is 5.11 Å². The Hall–Kier alpha value is -3.31. The third kappa shape index (κ3) is 3.35. The number of rotatable bonds is 4. The molecule has 9 rings (SSSR count). The predicted molar refractivity (Wildman–Crippen MR) is 176 cm³/mol. The van der Waals surface area contributed by atoms with Crippen molar-refractivity contribution in [3.8, 4) is 5.75 Å². The number of aromatic nitrogens is 2. The summed E-state index contributed by atoms with van der Waals surface area (Å²) in [6.07, 6.45) is 12.7. The number of pyridine rings is 1. The summed E-state index contributed by atoms with van der Waals surface area (Å²) in [6.45, 7) is 13.6. The highest BCUT2D eigenvalue weighted by molar-refractivity contribution is 5.96. The van der Waals surface area contributed by atoms with Crippen LogP contribution in [0.5, 0.6) is 5.75 Å². The summed E-state index contributed by atoms with van der Waals surface area (Å²) < 4.78 is 2.66. The Kier molecular flexibility index (Phi) is 5.53. The Bertz CT molecular complexity index is 1820. The first-order valence-electron chi connectivity index (χ1n) is 16.9. The summed E-state index contributed by atoms with van der Waals surface area (Å²) in [5, 5.41) is 14.5. The number of hydrogen-bond acceptors (Lipinski definition) is 4. The van der Waals surface area contributed by atoms with Crippen molar-refractivity contribution in [1.29, 1.82) is 0 Å². The lowest BCUT2D eigenvalue weighted by Crippen LogP contribution is -2.53. The maximum atomic E-state index is 11.9. The molecule has 2 saturated heterocycles. The van der Waals surface area contributed by atoms with Crippen molar-refractivity contribution in [2.75, 3.05) is 31.1 Å². The van der Waals surface area contributed by atoms with Gasteiger partial charge < -0.3 is 14.6 Å². The summed E-state index contributed by atoms with van der Waals surface area (Å²) in [5.74, 6) is 1.53. The highest BCUT2D eigenvalue weighted by Gasteiger charge is 2.54. The van der Waals surface area contributed by atoms with Crippen LogP contribution in [0.3, 0.4) is 0 Å². The average Bonchev–Trinajstić information content (AvgIpc) is 3.38. The molecule has 0 spiro atoms. The van der Waals surface area contributed by atoms with Gasteiger partial charge in [-0.2, -0.15) is 0 Å². The molecular formula is C38H44N4O. The molecule has 2 fully saturated rings. The van der Waals surface area contributed by atoms with E-state index in [0.29, 0.717) is 17.2 Å². The predicted octanol–water partition coefficient (Wildman–Crippen LogP) is 8.17. The molecule has 43 heavy (non-hydrogen) atoms. The van der Waals surface area contributed by atoms with Crippen LogP contribution >= 0.6 is 0 Å². The Morgan fingerprint density at radius 1 is 1.00 bits per heavy atom. The Morgan fingerprint density at radius 3 is 2.70 bits per heavy atom. The van der Waals surface area contributed by atoms with Crippen LogP contribution in [0.1, 0.15) is 98.8 Å². The average molecular weight is 573 g/mol. The molecule has 0 radical (unpaired) electrons. The molecule has 2 aromatic carbocycles. The van der Waals surface area contributed by atoms with Gasteiger partial charge in [-0.25, -0.2) is 4.98 Å². The van der Waals surface area contributed by atoms with E-state index in [1.807, 2.05) is 6.07 Å². The molecule has 4 atom stereocenters. The number of fused-ring (bicyclic) bond motifs is 8. The lowest BCUT2D eigenvalue weighted by atomic mass is 9.62. The molecule has 4 aromatic rings. The standard InChI is InChI=1S/C38H44N4O/c1-4-24-26-13-14-31(43)32(33(26)39-36-28(24)21-37(5-2)16-9-19-41(36)23-37)30-22-38(6-3)17-10-18-40-20-15-27-25-11-7-8-12-29(25)42(30)34(27)35(38)40/h4,7-8,11-14,30,35,43H,1,5-6,9-10,15-23H2,2-3H3/t30-,35-,37-,38+/m0/s1. The topological polar surface area (TPSA) is 44.5 Å². The zero-order valence-corrected chi connectivity index (χ0v) is 25.8. The molecule has 5 heteroatoms. The van der Waals surface area contributed by atoms with Gasteiger partial charge in [0.05, 0.1) is 17.6 Å². The minimum atomic E-state index is 0.0366. The quantitative estimate of drug-likeness (QED) is 0.268. The summed E-state index contributed by atoms with van der Waals surface area (Å²) in [5.41, 5.74) is 9.50. The zero-order chi connectivity index (χ0) is 29.1. The fourth-order valence-electron chi connectivity index (χ4n) is 10.6. The molecule has 2 bridgehead atoms. The Labute approximate surface area is 255 Å².